The molecule has 2 aromatic carbocycles. The number of guanidine groups is 1. The van der Waals surface area contributed by atoms with E-state index in [4.69, 9.17) is 0 Å². The van der Waals surface area contributed by atoms with Crippen LogP contribution in [0.1, 0.15) is 12.5 Å². The number of phenols is 1. The first-order valence-corrected chi connectivity index (χ1v) is 9.58. The van der Waals surface area contributed by atoms with E-state index >= 15 is 0 Å². The lowest BCUT2D eigenvalue weighted by Crippen LogP contribution is -2.52. The summed E-state index contributed by atoms with van der Waals surface area (Å²) in [6.45, 7) is 6.15. The number of anilines is 1. The molecule has 1 aliphatic rings. The highest BCUT2D eigenvalue weighted by atomic mass is 19.1. The quantitative estimate of drug-likeness (QED) is 0.611. The van der Waals surface area contributed by atoms with Gasteiger partial charge in [0.15, 0.2) is 5.96 Å². The van der Waals surface area contributed by atoms with Crippen LogP contribution in [0, 0.1) is 11.6 Å². The van der Waals surface area contributed by atoms with Gasteiger partial charge in [0, 0.05) is 39.3 Å². The average Bonchev–Trinajstić information content (AvgIpc) is 2.70. The van der Waals surface area contributed by atoms with Gasteiger partial charge in [-0.15, -0.1) is 0 Å². The molecule has 0 unspecified atom stereocenters. The Kier molecular flexibility index (Phi) is 6.68. The summed E-state index contributed by atoms with van der Waals surface area (Å²) < 4.78 is 27.1. The molecule has 1 heterocycles. The van der Waals surface area contributed by atoms with E-state index in [1.54, 1.807) is 6.07 Å². The minimum atomic E-state index is -0.437. The van der Waals surface area contributed by atoms with Crippen LogP contribution in [-0.2, 0) is 6.42 Å². The Morgan fingerprint density at radius 2 is 1.86 bits per heavy atom. The number of para-hydroxylation sites is 2. The number of nitrogens with zero attached hydrogens (tertiary/aromatic N) is 3. The molecule has 28 heavy (non-hydrogen) atoms. The van der Waals surface area contributed by atoms with Crippen LogP contribution in [-0.4, -0.2) is 55.2 Å². The van der Waals surface area contributed by atoms with E-state index in [9.17, 15) is 13.9 Å². The number of benzene rings is 2. The molecule has 0 radical (unpaired) electrons. The maximum Gasteiger partial charge on any atom is 0.194 e. The first kappa shape index (κ1) is 19.9. The number of piperazine rings is 1. The molecular weight excluding hydrogens is 362 g/mol. The van der Waals surface area contributed by atoms with Crippen molar-refractivity contribution in [1.82, 2.24) is 10.2 Å². The third-order valence-electron chi connectivity index (χ3n) is 4.79. The highest BCUT2D eigenvalue weighted by Crippen LogP contribution is 2.27. The summed E-state index contributed by atoms with van der Waals surface area (Å²) in [5, 5.41) is 13.3. The number of phenolic OH excluding ortho intramolecular Hbond substituents is 1. The van der Waals surface area contributed by atoms with Crippen molar-refractivity contribution in [3.8, 4) is 5.75 Å². The molecule has 1 fully saturated rings. The maximum atomic E-state index is 13.8. The van der Waals surface area contributed by atoms with Gasteiger partial charge in [-0.25, -0.2) is 8.78 Å². The Hall–Kier alpha value is -2.83. The molecule has 0 aliphatic carbocycles. The lowest BCUT2D eigenvalue weighted by atomic mass is 10.1. The van der Waals surface area contributed by atoms with Gasteiger partial charge in [-0.05, 0) is 49.2 Å². The summed E-state index contributed by atoms with van der Waals surface area (Å²) in [4.78, 5) is 8.90. The summed E-state index contributed by atoms with van der Waals surface area (Å²) in [7, 11) is 0. The van der Waals surface area contributed by atoms with E-state index in [2.05, 4.69) is 20.1 Å². The third-order valence-corrected chi connectivity index (χ3v) is 4.79. The molecular formula is C21H26F2N4O. The second-order valence-corrected chi connectivity index (χ2v) is 6.68. The van der Waals surface area contributed by atoms with Gasteiger partial charge in [0.05, 0.1) is 5.69 Å². The Morgan fingerprint density at radius 1 is 1.11 bits per heavy atom. The van der Waals surface area contributed by atoms with Gasteiger partial charge < -0.3 is 20.2 Å². The van der Waals surface area contributed by atoms with E-state index in [1.165, 1.54) is 6.07 Å². The normalized spacial score (nSPS) is 15.0. The minimum Gasteiger partial charge on any atom is -0.506 e. The molecule has 7 heteroatoms. The van der Waals surface area contributed by atoms with Crippen molar-refractivity contribution in [2.24, 2.45) is 4.99 Å². The second-order valence-electron chi connectivity index (χ2n) is 6.68. The standard InChI is InChI=1S/C21H26F2N4O/c1-2-24-21(25-10-9-16-15-17(22)7-8-18(16)23)27-13-11-26(12-14-27)19-5-3-4-6-20(19)28/h3-8,15,28H,2,9-14H2,1H3,(H,24,25). The molecule has 3 rings (SSSR count). The summed E-state index contributed by atoms with van der Waals surface area (Å²) in [6, 6.07) is 10.8. The summed E-state index contributed by atoms with van der Waals surface area (Å²) in [6.07, 6.45) is 0.344. The largest absolute Gasteiger partial charge is 0.506 e. The zero-order valence-electron chi connectivity index (χ0n) is 16.0. The highest BCUT2D eigenvalue weighted by Gasteiger charge is 2.21. The lowest BCUT2D eigenvalue weighted by Gasteiger charge is -2.37. The molecule has 0 bridgehead atoms. The Morgan fingerprint density at radius 3 is 2.57 bits per heavy atom. The fourth-order valence-corrected chi connectivity index (χ4v) is 3.33. The third kappa shape index (κ3) is 4.91. The molecule has 0 aromatic heterocycles. The zero-order valence-corrected chi connectivity index (χ0v) is 16.0. The molecule has 5 nitrogen and oxygen atoms in total. The van der Waals surface area contributed by atoms with Crippen molar-refractivity contribution in [1.29, 1.82) is 0 Å². The fourth-order valence-electron chi connectivity index (χ4n) is 3.33. The predicted octanol–water partition coefficient (Wildman–Crippen LogP) is 3.00. The van der Waals surface area contributed by atoms with Gasteiger partial charge in [0.25, 0.3) is 0 Å². The smallest absolute Gasteiger partial charge is 0.194 e. The monoisotopic (exact) mass is 388 g/mol. The van der Waals surface area contributed by atoms with Gasteiger partial charge in [-0.1, -0.05) is 12.1 Å². The van der Waals surface area contributed by atoms with Crippen LogP contribution < -0.4 is 10.2 Å². The maximum absolute atomic E-state index is 13.8. The number of rotatable bonds is 5. The van der Waals surface area contributed by atoms with Crippen LogP contribution in [0.15, 0.2) is 47.5 Å². The molecule has 1 aliphatic heterocycles. The van der Waals surface area contributed by atoms with E-state index < -0.39 is 11.6 Å². The van der Waals surface area contributed by atoms with Crippen LogP contribution >= 0.6 is 0 Å². The van der Waals surface area contributed by atoms with Crippen molar-refractivity contribution in [3.63, 3.8) is 0 Å². The highest BCUT2D eigenvalue weighted by molar-refractivity contribution is 5.80. The number of hydrogen-bond donors (Lipinski definition) is 2. The molecule has 150 valence electrons. The van der Waals surface area contributed by atoms with Gasteiger partial charge in [0.1, 0.15) is 17.4 Å². The molecule has 0 saturated carbocycles. The summed E-state index contributed by atoms with van der Waals surface area (Å²) in [5.41, 5.74) is 1.18. The van der Waals surface area contributed by atoms with Gasteiger partial charge >= 0.3 is 0 Å². The molecule has 1 saturated heterocycles. The van der Waals surface area contributed by atoms with Crippen LogP contribution in [0.2, 0.25) is 0 Å². The number of hydrogen-bond acceptors (Lipinski definition) is 3. The van der Waals surface area contributed by atoms with Gasteiger partial charge in [0.2, 0.25) is 0 Å². The Labute approximate surface area is 164 Å². The number of aliphatic imine (C=N–C) groups is 1. The Balaban J connectivity index is 1.60. The first-order valence-electron chi connectivity index (χ1n) is 9.58. The molecule has 2 N–H and O–H groups in total. The lowest BCUT2D eigenvalue weighted by molar-refractivity contribution is 0.370. The van der Waals surface area contributed by atoms with Crippen molar-refractivity contribution < 1.29 is 13.9 Å². The topological polar surface area (TPSA) is 51.1 Å². The summed E-state index contributed by atoms with van der Waals surface area (Å²) in [5.74, 6) is 0.218. The predicted molar refractivity (Wildman–Crippen MR) is 108 cm³/mol. The van der Waals surface area contributed by atoms with Crippen LogP contribution in [0.3, 0.4) is 0 Å². The van der Waals surface area contributed by atoms with Crippen molar-refractivity contribution in [2.75, 3.05) is 44.2 Å². The summed E-state index contributed by atoms with van der Waals surface area (Å²) >= 11 is 0. The first-order chi connectivity index (χ1) is 13.6. The van der Waals surface area contributed by atoms with Gasteiger partial charge in [-0.3, -0.25) is 4.99 Å². The number of nitrogens with one attached hydrogen (secondary N) is 1. The van der Waals surface area contributed by atoms with E-state index in [1.807, 2.05) is 25.1 Å². The second kappa shape index (κ2) is 9.39. The van der Waals surface area contributed by atoms with Crippen LogP contribution in [0.5, 0.6) is 5.75 Å². The van der Waals surface area contributed by atoms with Crippen molar-refractivity contribution in [3.05, 3.63) is 59.7 Å². The van der Waals surface area contributed by atoms with Crippen LogP contribution in [0.4, 0.5) is 14.5 Å². The molecule has 0 amide bonds. The van der Waals surface area contributed by atoms with Gasteiger partial charge in [-0.2, -0.15) is 0 Å². The molecule has 2 aromatic rings. The van der Waals surface area contributed by atoms with E-state index in [0.29, 0.717) is 18.5 Å². The Bertz CT molecular complexity index is 820. The van der Waals surface area contributed by atoms with Crippen LogP contribution in [0.25, 0.3) is 0 Å². The van der Waals surface area contributed by atoms with Crippen molar-refractivity contribution >= 4 is 11.6 Å². The zero-order chi connectivity index (χ0) is 19.9. The average molecular weight is 388 g/mol. The molecule has 0 atom stereocenters. The SMILES string of the molecule is CCNC(=NCCc1cc(F)ccc1F)N1CCN(c2ccccc2O)CC1. The molecule has 0 spiro atoms. The van der Waals surface area contributed by atoms with E-state index in [0.717, 1.165) is 56.5 Å². The van der Waals surface area contributed by atoms with Crippen molar-refractivity contribution in [2.45, 2.75) is 13.3 Å². The number of aromatic hydroxyl groups is 1. The van der Waals surface area contributed by atoms with E-state index in [-0.39, 0.29) is 5.75 Å². The minimum absolute atomic E-state index is 0.286. The fraction of sp³-hybridized carbons (Fsp3) is 0.381. The number of halogens is 2.